The number of hydrogen-bond acceptors (Lipinski definition) is 3. The van der Waals surface area contributed by atoms with Crippen molar-refractivity contribution >= 4 is 29.2 Å². The summed E-state index contributed by atoms with van der Waals surface area (Å²) in [4.78, 5) is 26.9. The van der Waals surface area contributed by atoms with Gasteiger partial charge in [0.15, 0.2) is 0 Å². The van der Waals surface area contributed by atoms with Crippen LogP contribution in [0.1, 0.15) is 46.7 Å². The number of likely N-dealkylation sites (N-methyl/N-ethyl adjacent to an activating group) is 1. The smallest absolute Gasteiger partial charge is 0.256 e. The summed E-state index contributed by atoms with van der Waals surface area (Å²) < 4.78 is 15.8. The molecule has 154 valence electrons. The van der Waals surface area contributed by atoms with Crippen molar-refractivity contribution in [2.45, 2.75) is 34.2 Å². The number of benzene rings is 1. The van der Waals surface area contributed by atoms with Crippen LogP contribution in [-0.2, 0) is 11.3 Å². The number of halogens is 1. The lowest BCUT2D eigenvalue weighted by Crippen LogP contribution is -2.27. The highest BCUT2D eigenvalue weighted by Crippen LogP contribution is 2.35. The van der Waals surface area contributed by atoms with Gasteiger partial charge in [-0.1, -0.05) is 13.8 Å². The van der Waals surface area contributed by atoms with E-state index in [1.165, 1.54) is 12.1 Å². The molecule has 0 fully saturated rings. The van der Waals surface area contributed by atoms with Gasteiger partial charge in [0, 0.05) is 35.7 Å². The molecular weight excluding hydrogens is 371 g/mol. The first-order valence-corrected chi connectivity index (χ1v) is 9.83. The average Bonchev–Trinajstić information content (AvgIpc) is 3.10. The van der Waals surface area contributed by atoms with Gasteiger partial charge in [0.05, 0.1) is 11.1 Å². The first-order chi connectivity index (χ1) is 13.8. The van der Waals surface area contributed by atoms with Gasteiger partial charge in [-0.15, -0.1) is 0 Å². The predicted molar refractivity (Wildman–Crippen MR) is 113 cm³/mol. The number of amides is 2. The van der Waals surface area contributed by atoms with E-state index in [2.05, 4.69) is 24.1 Å². The van der Waals surface area contributed by atoms with E-state index in [0.29, 0.717) is 28.9 Å². The van der Waals surface area contributed by atoms with Gasteiger partial charge >= 0.3 is 0 Å². The van der Waals surface area contributed by atoms with Gasteiger partial charge in [-0.25, -0.2) is 4.39 Å². The number of carbonyl (C=O) groups is 2. The zero-order chi connectivity index (χ0) is 21.3. The van der Waals surface area contributed by atoms with Crippen molar-refractivity contribution < 1.29 is 14.0 Å². The fraction of sp³-hybridized carbons (Fsp3) is 0.364. The first kappa shape index (κ1) is 20.8. The molecule has 29 heavy (non-hydrogen) atoms. The molecule has 0 saturated carbocycles. The Labute approximate surface area is 170 Å². The van der Waals surface area contributed by atoms with Crippen LogP contribution in [-0.4, -0.2) is 40.9 Å². The Morgan fingerprint density at radius 1 is 1.28 bits per heavy atom. The van der Waals surface area contributed by atoms with E-state index in [0.717, 1.165) is 36.6 Å². The quantitative estimate of drug-likeness (QED) is 0.703. The normalized spacial score (nSPS) is 14.6. The second-order valence-corrected chi connectivity index (χ2v) is 7.22. The summed E-state index contributed by atoms with van der Waals surface area (Å²) in [6.07, 6.45) is 1.73. The zero-order valence-corrected chi connectivity index (χ0v) is 17.3. The molecule has 0 aliphatic carbocycles. The van der Waals surface area contributed by atoms with Gasteiger partial charge in [0.2, 0.25) is 0 Å². The van der Waals surface area contributed by atoms with E-state index in [-0.39, 0.29) is 5.91 Å². The Hall–Kier alpha value is -2.93. The van der Waals surface area contributed by atoms with Crippen molar-refractivity contribution in [3.63, 3.8) is 0 Å². The fourth-order valence-corrected chi connectivity index (χ4v) is 3.98. The van der Waals surface area contributed by atoms with Gasteiger partial charge in [-0.05, 0) is 56.8 Å². The molecule has 1 aromatic carbocycles. The van der Waals surface area contributed by atoms with E-state index in [4.69, 9.17) is 5.73 Å². The third-order valence-electron chi connectivity index (χ3n) is 5.64. The molecule has 7 heteroatoms. The molecule has 2 aromatic rings. The number of hydrogen-bond donors (Lipinski definition) is 2. The highest BCUT2D eigenvalue weighted by Gasteiger charge is 2.27. The summed E-state index contributed by atoms with van der Waals surface area (Å²) in [7, 11) is 0. The summed E-state index contributed by atoms with van der Waals surface area (Å²) in [6, 6.07) is 4.21. The monoisotopic (exact) mass is 398 g/mol. The van der Waals surface area contributed by atoms with Crippen LogP contribution in [0.2, 0.25) is 0 Å². The Bertz CT molecular complexity index is 1000. The zero-order valence-electron chi connectivity index (χ0n) is 17.3. The molecule has 0 bridgehead atoms. The van der Waals surface area contributed by atoms with Crippen molar-refractivity contribution in [3.05, 3.63) is 52.1 Å². The van der Waals surface area contributed by atoms with Crippen LogP contribution >= 0.6 is 0 Å². The average molecular weight is 398 g/mol. The van der Waals surface area contributed by atoms with Crippen LogP contribution in [0.15, 0.2) is 18.2 Å². The largest absolute Gasteiger partial charge is 0.366 e. The maximum Gasteiger partial charge on any atom is 0.256 e. The molecule has 2 amide bonds. The summed E-state index contributed by atoms with van der Waals surface area (Å²) >= 11 is 0. The molecule has 0 atom stereocenters. The number of rotatable bonds is 7. The molecule has 1 aromatic heterocycles. The summed E-state index contributed by atoms with van der Waals surface area (Å²) in [5.74, 6) is -1.20. The number of aromatic nitrogens is 1. The SMILES string of the molecule is CCN(CC)CCn1c(C)c(C(N)=O)c(C)c1/C=C1/C(=O)Nc2ccc(F)cc21. The number of anilines is 1. The van der Waals surface area contributed by atoms with E-state index in [1.807, 2.05) is 18.4 Å². The third kappa shape index (κ3) is 3.82. The van der Waals surface area contributed by atoms with Gasteiger partial charge in [-0.2, -0.15) is 0 Å². The maximum absolute atomic E-state index is 13.8. The first-order valence-electron chi connectivity index (χ1n) is 9.83. The predicted octanol–water partition coefficient (Wildman–Crippen LogP) is 3.18. The number of fused-ring (bicyclic) bond motifs is 1. The fourth-order valence-electron chi connectivity index (χ4n) is 3.98. The van der Waals surface area contributed by atoms with Crippen molar-refractivity contribution in [3.8, 4) is 0 Å². The highest BCUT2D eigenvalue weighted by molar-refractivity contribution is 6.35. The second kappa shape index (κ2) is 8.21. The minimum atomic E-state index is -0.497. The van der Waals surface area contributed by atoms with Gasteiger partial charge < -0.3 is 20.5 Å². The lowest BCUT2D eigenvalue weighted by molar-refractivity contribution is -0.110. The number of nitrogens with two attached hydrogens (primary N) is 1. The summed E-state index contributed by atoms with van der Waals surface area (Å²) in [5.41, 5.74) is 9.80. The van der Waals surface area contributed by atoms with Crippen LogP contribution in [0.3, 0.4) is 0 Å². The minimum Gasteiger partial charge on any atom is -0.366 e. The standard InChI is InChI=1S/C22H27FN4O2/c1-5-26(6-2)9-10-27-14(4)20(21(24)28)13(3)19(27)12-17-16-11-15(23)7-8-18(16)25-22(17)29/h7-8,11-12H,5-6,9-10H2,1-4H3,(H2,24,28)(H,25,29)/b17-12+. The number of nitrogens with one attached hydrogen (secondary N) is 1. The van der Waals surface area contributed by atoms with Crippen LogP contribution in [0.5, 0.6) is 0 Å². The van der Waals surface area contributed by atoms with Gasteiger partial charge in [-0.3, -0.25) is 9.59 Å². The molecule has 3 N–H and O–H groups in total. The summed E-state index contributed by atoms with van der Waals surface area (Å²) in [5, 5.41) is 2.76. The van der Waals surface area contributed by atoms with Crippen LogP contribution < -0.4 is 11.1 Å². The highest BCUT2D eigenvalue weighted by atomic mass is 19.1. The number of carbonyl (C=O) groups excluding carboxylic acids is 2. The topological polar surface area (TPSA) is 80.4 Å². The van der Waals surface area contributed by atoms with Gasteiger partial charge in [0.25, 0.3) is 11.8 Å². The minimum absolute atomic E-state index is 0.292. The van der Waals surface area contributed by atoms with Crippen LogP contribution in [0.4, 0.5) is 10.1 Å². The molecule has 3 rings (SSSR count). The Morgan fingerprint density at radius 2 is 1.97 bits per heavy atom. The molecule has 0 spiro atoms. The Balaban J connectivity index is 2.13. The molecule has 0 radical (unpaired) electrons. The molecule has 1 aliphatic heterocycles. The molecule has 0 unspecified atom stereocenters. The lowest BCUT2D eigenvalue weighted by Gasteiger charge is -2.20. The van der Waals surface area contributed by atoms with E-state index in [1.54, 1.807) is 12.1 Å². The van der Waals surface area contributed by atoms with Gasteiger partial charge in [0.1, 0.15) is 5.82 Å². The number of nitrogens with zero attached hydrogens (tertiary/aromatic N) is 2. The van der Waals surface area contributed by atoms with E-state index >= 15 is 0 Å². The van der Waals surface area contributed by atoms with Crippen LogP contribution in [0.25, 0.3) is 11.6 Å². The Morgan fingerprint density at radius 3 is 2.59 bits per heavy atom. The van der Waals surface area contributed by atoms with Crippen molar-refractivity contribution in [2.24, 2.45) is 5.73 Å². The number of primary amides is 1. The molecule has 2 heterocycles. The van der Waals surface area contributed by atoms with Crippen molar-refractivity contribution in [1.82, 2.24) is 9.47 Å². The Kier molecular flexibility index (Phi) is 5.88. The van der Waals surface area contributed by atoms with Crippen LogP contribution in [0, 0.1) is 19.7 Å². The van der Waals surface area contributed by atoms with E-state index < -0.39 is 11.7 Å². The summed E-state index contributed by atoms with van der Waals surface area (Å²) in [6.45, 7) is 11.2. The van der Waals surface area contributed by atoms with Crippen molar-refractivity contribution in [1.29, 1.82) is 0 Å². The van der Waals surface area contributed by atoms with Crippen molar-refractivity contribution in [2.75, 3.05) is 25.0 Å². The third-order valence-corrected chi connectivity index (χ3v) is 5.64. The maximum atomic E-state index is 13.8. The second-order valence-electron chi connectivity index (χ2n) is 7.22. The lowest BCUT2D eigenvalue weighted by atomic mass is 10.0. The van der Waals surface area contributed by atoms with E-state index in [9.17, 15) is 14.0 Å². The molecule has 6 nitrogen and oxygen atoms in total. The molecule has 0 saturated heterocycles. The molecule has 1 aliphatic rings. The molecular formula is C22H27FN4O2.